The van der Waals surface area contributed by atoms with Gasteiger partial charge in [-0.05, 0) is 30.3 Å². The molecule has 0 fully saturated rings. The zero-order valence-corrected chi connectivity index (χ0v) is 16.9. The van der Waals surface area contributed by atoms with Gasteiger partial charge >= 0.3 is 0 Å². The maximum atomic E-state index is 5.30. The normalized spacial score (nSPS) is 11.3. The Morgan fingerprint density at radius 3 is 2.56 bits per heavy atom. The summed E-state index contributed by atoms with van der Waals surface area (Å²) >= 11 is 0. The van der Waals surface area contributed by atoms with E-state index >= 15 is 0 Å². The van der Waals surface area contributed by atoms with Gasteiger partial charge in [0.2, 0.25) is 0 Å². The first-order valence-electron chi connectivity index (χ1n) is 9.89. The smallest absolute Gasteiger partial charge is 0.159 e. The predicted molar refractivity (Wildman–Crippen MR) is 120 cm³/mol. The molecule has 32 heavy (non-hydrogen) atoms. The Kier molecular flexibility index (Phi) is 4.10. The molecule has 154 valence electrons. The second-order valence-electron chi connectivity index (χ2n) is 7.18. The Bertz CT molecular complexity index is 1570. The minimum atomic E-state index is 0.636. The van der Waals surface area contributed by atoms with E-state index in [0.717, 1.165) is 38.8 Å². The summed E-state index contributed by atoms with van der Waals surface area (Å²) in [5.74, 6) is 1.32. The second-order valence-corrected chi connectivity index (χ2v) is 7.18. The zero-order chi connectivity index (χ0) is 21.5. The maximum absolute atomic E-state index is 5.30. The molecule has 6 rings (SSSR count). The fraction of sp³-hybridized carbons (Fsp3) is 0.0435. The van der Waals surface area contributed by atoms with Crippen LogP contribution in [-0.4, -0.2) is 47.2 Å². The molecule has 9 nitrogen and oxygen atoms in total. The molecule has 6 aromatic rings. The minimum Gasteiger partial charge on any atom is -0.495 e. The number of ether oxygens (including phenoxy) is 1. The molecule has 0 saturated carbocycles. The van der Waals surface area contributed by atoms with Gasteiger partial charge < -0.3 is 9.72 Å². The average molecular weight is 420 g/mol. The van der Waals surface area contributed by atoms with Crippen LogP contribution in [0.25, 0.3) is 56.0 Å². The first-order chi connectivity index (χ1) is 15.8. The summed E-state index contributed by atoms with van der Waals surface area (Å²) < 4.78 is 5.30. The zero-order valence-electron chi connectivity index (χ0n) is 16.9. The monoisotopic (exact) mass is 420 g/mol. The molecule has 0 amide bonds. The topological polar surface area (TPSA) is 118 Å². The lowest BCUT2D eigenvalue weighted by Crippen LogP contribution is -1.88. The third-order valence-electron chi connectivity index (χ3n) is 5.28. The molecule has 0 spiro atoms. The van der Waals surface area contributed by atoms with Crippen molar-refractivity contribution < 1.29 is 4.74 Å². The van der Waals surface area contributed by atoms with Crippen LogP contribution in [0.3, 0.4) is 0 Å². The highest BCUT2D eigenvalue weighted by Gasteiger charge is 2.17. The molecule has 0 atom stereocenters. The van der Waals surface area contributed by atoms with E-state index in [1.54, 1.807) is 44.3 Å². The first-order valence-corrected chi connectivity index (χ1v) is 9.89. The molecule has 6 aromatic heterocycles. The van der Waals surface area contributed by atoms with Gasteiger partial charge in [0.15, 0.2) is 11.5 Å². The van der Waals surface area contributed by atoms with E-state index in [2.05, 4.69) is 35.1 Å². The highest BCUT2D eigenvalue weighted by molar-refractivity contribution is 5.96. The standard InChI is InChI=1S/C23H16N8O/c1-32-16-8-14(10-25-12-16)15-9-17-20(30-31-22(17)27-11-15)23-28-18-4-7-26-19(21(18)29-23)13-2-5-24-6-3-13/h2-12H,1H3,(H,28,29)(H,27,30,31). The van der Waals surface area contributed by atoms with E-state index in [1.165, 1.54) is 0 Å². The Hall–Kier alpha value is -4.66. The average Bonchev–Trinajstić information content (AvgIpc) is 3.48. The fourth-order valence-electron chi connectivity index (χ4n) is 3.70. The number of methoxy groups -OCH3 is 1. The van der Waals surface area contributed by atoms with Crippen molar-refractivity contribution in [2.75, 3.05) is 7.11 Å². The van der Waals surface area contributed by atoms with E-state index < -0.39 is 0 Å². The summed E-state index contributed by atoms with van der Waals surface area (Å²) in [6.45, 7) is 0. The second kappa shape index (κ2) is 7.24. The summed E-state index contributed by atoms with van der Waals surface area (Å²) in [4.78, 5) is 25.6. The molecule has 0 saturated heterocycles. The van der Waals surface area contributed by atoms with Crippen LogP contribution < -0.4 is 4.74 Å². The van der Waals surface area contributed by atoms with Crippen LogP contribution in [0.2, 0.25) is 0 Å². The van der Waals surface area contributed by atoms with E-state index in [-0.39, 0.29) is 0 Å². The van der Waals surface area contributed by atoms with Crippen LogP contribution in [0.5, 0.6) is 5.75 Å². The van der Waals surface area contributed by atoms with Crippen LogP contribution in [-0.2, 0) is 0 Å². The van der Waals surface area contributed by atoms with Crippen molar-refractivity contribution in [1.29, 1.82) is 0 Å². The van der Waals surface area contributed by atoms with Gasteiger partial charge in [-0.1, -0.05) is 0 Å². The van der Waals surface area contributed by atoms with E-state index in [0.29, 0.717) is 22.9 Å². The van der Waals surface area contributed by atoms with Gasteiger partial charge in [-0.15, -0.1) is 0 Å². The number of H-pyrrole nitrogens is 2. The summed E-state index contributed by atoms with van der Waals surface area (Å²) in [6.07, 6.45) is 10.5. The molecule has 0 aliphatic carbocycles. The largest absolute Gasteiger partial charge is 0.495 e. The molecule has 0 bridgehead atoms. The molecule has 0 radical (unpaired) electrons. The Balaban J connectivity index is 1.50. The van der Waals surface area contributed by atoms with Crippen LogP contribution in [0.1, 0.15) is 0 Å². The van der Waals surface area contributed by atoms with Crippen molar-refractivity contribution in [2.24, 2.45) is 0 Å². The lowest BCUT2D eigenvalue weighted by atomic mass is 10.1. The number of fused-ring (bicyclic) bond motifs is 2. The van der Waals surface area contributed by atoms with Crippen LogP contribution in [0.15, 0.2) is 67.5 Å². The summed E-state index contributed by atoms with van der Waals surface area (Å²) in [5, 5.41) is 8.32. The van der Waals surface area contributed by atoms with Gasteiger partial charge in [-0.3, -0.25) is 20.1 Å². The third kappa shape index (κ3) is 2.95. The minimum absolute atomic E-state index is 0.636. The van der Waals surface area contributed by atoms with Crippen molar-refractivity contribution in [3.63, 3.8) is 0 Å². The van der Waals surface area contributed by atoms with Crippen molar-refractivity contribution in [1.82, 2.24) is 40.1 Å². The lowest BCUT2D eigenvalue weighted by Gasteiger charge is -2.04. The summed E-state index contributed by atoms with van der Waals surface area (Å²) in [5.41, 5.74) is 6.54. The Morgan fingerprint density at radius 2 is 1.69 bits per heavy atom. The number of aromatic nitrogens is 8. The molecular formula is C23H16N8O. The highest BCUT2D eigenvalue weighted by atomic mass is 16.5. The molecule has 0 unspecified atom stereocenters. The number of rotatable bonds is 4. The number of imidazole rings is 1. The maximum Gasteiger partial charge on any atom is 0.159 e. The van der Waals surface area contributed by atoms with Crippen molar-refractivity contribution in [3.8, 4) is 39.7 Å². The van der Waals surface area contributed by atoms with Gasteiger partial charge in [0, 0.05) is 47.7 Å². The summed E-state index contributed by atoms with van der Waals surface area (Å²) in [7, 11) is 1.62. The Morgan fingerprint density at radius 1 is 0.812 bits per heavy atom. The lowest BCUT2D eigenvalue weighted by molar-refractivity contribution is 0.413. The predicted octanol–water partition coefficient (Wildman–Crippen LogP) is 4.03. The first kappa shape index (κ1) is 18.1. The Labute approximate surface area is 181 Å². The number of hydrogen-bond donors (Lipinski definition) is 2. The van der Waals surface area contributed by atoms with E-state index in [4.69, 9.17) is 9.72 Å². The molecular weight excluding hydrogens is 404 g/mol. The van der Waals surface area contributed by atoms with E-state index in [9.17, 15) is 0 Å². The molecule has 2 N–H and O–H groups in total. The van der Waals surface area contributed by atoms with Crippen molar-refractivity contribution in [2.45, 2.75) is 0 Å². The number of pyridine rings is 4. The van der Waals surface area contributed by atoms with Gasteiger partial charge in [-0.25, -0.2) is 9.97 Å². The highest BCUT2D eigenvalue weighted by Crippen LogP contribution is 2.31. The van der Waals surface area contributed by atoms with Crippen molar-refractivity contribution in [3.05, 3.63) is 67.5 Å². The molecule has 0 aliphatic heterocycles. The SMILES string of the molecule is COc1cncc(-c2cnc3[nH]nc(-c4nc5c(-c6ccncc6)nccc5[nH]4)c3c2)c1. The van der Waals surface area contributed by atoms with Crippen LogP contribution in [0.4, 0.5) is 0 Å². The molecule has 0 aromatic carbocycles. The number of nitrogens with one attached hydrogen (secondary N) is 2. The van der Waals surface area contributed by atoms with Gasteiger partial charge in [-0.2, -0.15) is 5.10 Å². The summed E-state index contributed by atoms with van der Waals surface area (Å²) in [6, 6.07) is 9.67. The van der Waals surface area contributed by atoms with Crippen molar-refractivity contribution >= 4 is 22.1 Å². The number of aromatic amines is 2. The fourth-order valence-corrected chi connectivity index (χ4v) is 3.70. The quantitative estimate of drug-likeness (QED) is 0.442. The van der Waals surface area contributed by atoms with Gasteiger partial charge in [0.1, 0.15) is 17.0 Å². The molecule has 0 aliphatic rings. The molecule has 9 heteroatoms. The number of hydrogen-bond acceptors (Lipinski definition) is 7. The third-order valence-corrected chi connectivity index (χ3v) is 5.28. The molecule has 6 heterocycles. The van der Waals surface area contributed by atoms with Crippen LogP contribution >= 0.6 is 0 Å². The van der Waals surface area contributed by atoms with Gasteiger partial charge in [0.25, 0.3) is 0 Å². The van der Waals surface area contributed by atoms with Crippen LogP contribution in [0, 0.1) is 0 Å². The van der Waals surface area contributed by atoms with Gasteiger partial charge in [0.05, 0.1) is 29.9 Å². The number of nitrogens with zero attached hydrogens (tertiary/aromatic N) is 6. The van der Waals surface area contributed by atoms with E-state index in [1.807, 2.05) is 30.3 Å².